The highest BCUT2D eigenvalue weighted by atomic mass is 32.2. The summed E-state index contributed by atoms with van der Waals surface area (Å²) in [7, 11) is -3.14. The van der Waals surface area contributed by atoms with E-state index in [2.05, 4.69) is 5.32 Å². The lowest BCUT2D eigenvalue weighted by Gasteiger charge is -2.19. The summed E-state index contributed by atoms with van der Waals surface area (Å²) in [5.74, 6) is 0.167. The number of rotatable bonds is 8. The molecule has 0 aliphatic carbocycles. The minimum absolute atomic E-state index is 0.167. The predicted molar refractivity (Wildman–Crippen MR) is 72.7 cm³/mol. The van der Waals surface area contributed by atoms with Gasteiger partial charge >= 0.3 is 0 Å². The second-order valence-electron chi connectivity index (χ2n) is 3.68. The number of thiophene rings is 1. The van der Waals surface area contributed by atoms with Gasteiger partial charge in [0.1, 0.15) is 0 Å². The van der Waals surface area contributed by atoms with Crippen LogP contribution in [0.2, 0.25) is 0 Å². The van der Waals surface area contributed by atoms with E-state index >= 15 is 0 Å². The maximum atomic E-state index is 12.1. The number of sulfonamides is 1. The maximum absolute atomic E-state index is 12.1. The minimum Gasteiger partial charge on any atom is -0.316 e. The monoisotopic (exact) mass is 276 g/mol. The van der Waals surface area contributed by atoms with Gasteiger partial charge in [-0.15, -0.1) is 11.3 Å². The standard InChI is InChI=1S/C11H20N2O2S2/c1-3-12-7-9-17(14,15)13(4-2)10-11-6-5-8-16-11/h5-6,8,12H,3-4,7,9-10H2,1-2H3. The molecule has 0 radical (unpaired) electrons. The van der Waals surface area contributed by atoms with E-state index in [1.54, 1.807) is 11.3 Å². The number of hydrogen-bond acceptors (Lipinski definition) is 4. The van der Waals surface area contributed by atoms with Crippen molar-refractivity contribution in [1.29, 1.82) is 0 Å². The summed E-state index contributed by atoms with van der Waals surface area (Å²) < 4.78 is 25.6. The van der Waals surface area contributed by atoms with Gasteiger partial charge in [0.25, 0.3) is 0 Å². The molecule has 0 saturated carbocycles. The Labute approximate surface area is 108 Å². The molecule has 0 amide bonds. The molecule has 1 aromatic rings. The van der Waals surface area contributed by atoms with Crippen molar-refractivity contribution in [3.8, 4) is 0 Å². The molecule has 1 rings (SSSR count). The largest absolute Gasteiger partial charge is 0.316 e. The second kappa shape index (κ2) is 7.10. The van der Waals surface area contributed by atoms with Crippen molar-refractivity contribution in [3.05, 3.63) is 22.4 Å². The summed E-state index contributed by atoms with van der Waals surface area (Å²) in [6.07, 6.45) is 0. The SMILES string of the molecule is CCNCCS(=O)(=O)N(CC)Cc1cccs1. The van der Waals surface area contributed by atoms with Gasteiger partial charge < -0.3 is 5.32 Å². The molecule has 4 nitrogen and oxygen atoms in total. The lowest BCUT2D eigenvalue weighted by atomic mass is 10.4. The minimum atomic E-state index is -3.14. The maximum Gasteiger partial charge on any atom is 0.215 e. The van der Waals surface area contributed by atoms with Crippen LogP contribution < -0.4 is 5.32 Å². The van der Waals surface area contributed by atoms with Gasteiger partial charge in [0.15, 0.2) is 0 Å². The van der Waals surface area contributed by atoms with Crippen LogP contribution in [0.5, 0.6) is 0 Å². The molecule has 0 fully saturated rings. The molecule has 0 saturated heterocycles. The van der Waals surface area contributed by atoms with Crippen LogP contribution in [0.1, 0.15) is 18.7 Å². The fraction of sp³-hybridized carbons (Fsp3) is 0.636. The molecular weight excluding hydrogens is 256 g/mol. The van der Waals surface area contributed by atoms with Crippen LogP contribution in [-0.2, 0) is 16.6 Å². The van der Waals surface area contributed by atoms with E-state index in [0.717, 1.165) is 11.4 Å². The molecule has 1 heterocycles. The van der Waals surface area contributed by atoms with Gasteiger partial charge in [-0.2, -0.15) is 4.31 Å². The van der Waals surface area contributed by atoms with E-state index in [0.29, 0.717) is 19.6 Å². The van der Waals surface area contributed by atoms with E-state index in [4.69, 9.17) is 0 Å². The quantitative estimate of drug-likeness (QED) is 0.732. The van der Waals surface area contributed by atoms with Crippen molar-refractivity contribution in [3.63, 3.8) is 0 Å². The van der Waals surface area contributed by atoms with E-state index in [9.17, 15) is 8.42 Å². The van der Waals surface area contributed by atoms with E-state index in [-0.39, 0.29) is 5.75 Å². The van der Waals surface area contributed by atoms with E-state index < -0.39 is 10.0 Å². The number of hydrogen-bond donors (Lipinski definition) is 1. The average Bonchev–Trinajstić information content (AvgIpc) is 2.78. The Bertz CT molecular complexity index is 401. The number of nitrogens with one attached hydrogen (secondary N) is 1. The van der Waals surface area contributed by atoms with Crippen molar-refractivity contribution < 1.29 is 8.42 Å². The molecule has 0 bridgehead atoms. The Morgan fingerprint density at radius 1 is 1.41 bits per heavy atom. The van der Waals surface area contributed by atoms with Crippen LogP contribution in [0.25, 0.3) is 0 Å². The highest BCUT2D eigenvalue weighted by molar-refractivity contribution is 7.89. The first-order valence-corrected chi connectivity index (χ1v) is 8.30. The van der Waals surface area contributed by atoms with Gasteiger partial charge in [0, 0.05) is 24.5 Å². The van der Waals surface area contributed by atoms with Gasteiger partial charge in [-0.25, -0.2) is 8.42 Å². The van der Waals surface area contributed by atoms with Gasteiger partial charge in [-0.3, -0.25) is 0 Å². The molecule has 1 aromatic heterocycles. The lowest BCUT2D eigenvalue weighted by molar-refractivity contribution is 0.425. The zero-order chi connectivity index (χ0) is 12.7. The lowest BCUT2D eigenvalue weighted by Crippen LogP contribution is -2.35. The second-order valence-corrected chi connectivity index (χ2v) is 6.80. The molecule has 0 aliphatic rings. The zero-order valence-corrected chi connectivity index (χ0v) is 12.0. The van der Waals surface area contributed by atoms with Gasteiger partial charge in [0.05, 0.1) is 5.75 Å². The Balaban J connectivity index is 2.59. The molecule has 17 heavy (non-hydrogen) atoms. The van der Waals surface area contributed by atoms with Crippen LogP contribution in [0.3, 0.4) is 0 Å². The third-order valence-electron chi connectivity index (χ3n) is 2.45. The summed E-state index contributed by atoms with van der Waals surface area (Å²) in [6.45, 7) is 6.16. The summed E-state index contributed by atoms with van der Waals surface area (Å²) in [6, 6.07) is 3.91. The molecule has 0 aromatic carbocycles. The Morgan fingerprint density at radius 2 is 2.18 bits per heavy atom. The van der Waals surface area contributed by atoms with E-state index in [1.807, 2.05) is 31.4 Å². The Hall–Kier alpha value is -0.430. The normalized spacial score (nSPS) is 12.2. The predicted octanol–water partition coefficient (Wildman–Crippen LogP) is 1.51. The van der Waals surface area contributed by atoms with Gasteiger partial charge in [-0.1, -0.05) is 19.9 Å². The third kappa shape index (κ3) is 4.75. The molecule has 1 N–H and O–H groups in total. The summed E-state index contributed by atoms with van der Waals surface area (Å²) in [5.41, 5.74) is 0. The van der Waals surface area contributed by atoms with Crippen LogP contribution >= 0.6 is 11.3 Å². The molecule has 6 heteroatoms. The van der Waals surface area contributed by atoms with Gasteiger partial charge in [-0.05, 0) is 18.0 Å². The molecular formula is C11H20N2O2S2. The molecule has 98 valence electrons. The highest BCUT2D eigenvalue weighted by Crippen LogP contribution is 2.14. The van der Waals surface area contributed by atoms with Crippen molar-refractivity contribution in [2.24, 2.45) is 0 Å². The highest BCUT2D eigenvalue weighted by Gasteiger charge is 2.20. The summed E-state index contributed by atoms with van der Waals surface area (Å²) >= 11 is 1.59. The third-order valence-corrected chi connectivity index (χ3v) is 5.20. The molecule has 0 spiro atoms. The zero-order valence-electron chi connectivity index (χ0n) is 10.3. The summed E-state index contributed by atoms with van der Waals surface area (Å²) in [4.78, 5) is 1.08. The fourth-order valence-electron chi connectivity index (χ4n) is 1.49. The fourth-order valence-corrected chi connectivity index (χ4v) is 3.68. The van der Waals surface area contributed by atoms with Crippen LogP contribution in [0.4, 0.5) is 0 Å². The molecule has 0 aliphatic heterocycles. The molecule has 0 atom stereocenters. The first kappa shape index (κ1) is 14.6. The van der Waals surface area contributed by atoms with E-state index in [1.165, 1.54) is 4.31 Å². The number of nitrogens with zero attached hydrogens (tertiary/aromatic N) is 1. The van der Waals surface area contributed by atoms with Crippen molar-refractivity contribution >= 4 is 21.4 Å². The van der Waals surface area contributed by atoms with Crippen molar-refractivity contribution in [2.75, 3.05) is 25.4 Å². The summed E-state index contributed by atoms with van der Waals surface area (Å²) in [5, 5.41) is 5.01. The van der Waals surface area contributed by atoms with Crippen LogP contribution in [-0.4, -0.2) is 38.1 Å². The molecule has 0 unspecified atom stereocenters. The Morgan fingerprint density at radius 3 is 2.71 bits per heavy atom. The smallest absolute Gasteiger partial charge is 0.215 e. The van der Waals surface area contributed by atoms with Gasteiger partial charge in [0.2, 0.25) is 10.0 Å². The first-order valence-electron chi connectivity index (χ1n) is 5.81. The topological polar surface area (TPSA) is 49.4 Å². The van der Waals surface area contributed by atoms with Crippen LogP contribution in [0.15, 0.2) is 17.5 Å². The van der Waals surface area contributed by atoms with Crippen molar-refractivity contribution in [2.45, 2.75) is 20.4 Å². The average molecular weight is 276 g/mol. The first-order chi connectivity index (χ1) is 8.10. The van der Waals surface area contributed by atoms with Crippen molar-refractivity contribution in [1.82, 2.24) is 9.62 Å². The Kier molecular flexibility index (Phi) is 6.11. The van der Waals surface area contributed by atoms with Crippen LogP contribution in [0, 0.1) is 0 Å².